The number of hydrogen-bond acceptors (Lipinski definition) is 11. The number of benzene rings is 2. The summed E-state index contributed by atoms with van der Waals surface area (Å²) in [5.41, 5.74) is 0.458. The summed E-state index contributed by atoms with van der Waals surface area (Å²) in [4.78, 5) is 26.8. The zero-order valence-electron chi connectivity index (χ0n) is 21.4. The minimum Gasteiger partial charge on any atom is -0.744 e. The average Bonchev–Trinajstić information content (AvgIpc) is 3.54. The summed E-state index contributed by atoms with van der Waals surface area (Å²) >= 11 is 0. The average molecular weight is 592 g/mol. The van der Waals surface area contributed by atoms with Crippen LogP contribution in [-0.2, 0) is 15.5 Å². The molecule has 0 spiro atoms. The van der Waals surface area contributed by atoms with Crippen molar-refractivity contribution in [3.63, 3.8) is 0 Å². The van der Waals surface area contributed by atoms with Crippen LogP contribution in [0.25, 0.3) is 28.1 Å². The third kappa shape index (κ3) is 5.62. The van der Waals surface area contributed by atoms with Gasteiger partial charge in [0.15, 0.2) is 17.1 Å². The molecule has 5 aromatic rings. The molecule has 0 aliphatic carbocycles. The molecule has 0 aliphatic rings. The maximum absolute atomic E-state index is 11.6. The van der Waals surface area contributed by atoms with Crippen LogP contribution in [0.3, 0.4) is 0 Å². The Kier molecular flexibility index (Phi) is 7.84. The molecule has 0 saturated heterocycles. The van der Waals surface area contributed by atoms with E-state index < -0.39 is 32.4 Å². The van der Waals surface area contributed by atoms with Gasteiger partial charge in [0.1, 0.15) is 15.6 Å². The molecule has 2 aromatic carbocycles. The first kappa shape index (κ1) is 29.7. The molecule has 0 amide bonds. The molecular weight excluding hydrogens is 573 g/mol. The van der Waals surface area contributed by atoms with E-state index >= 15 is 0 Å². The van der Waals surface area contributed by atoms with E-state index in [1.54, 1.807) is 0 Å². The van der Waals surface area contributed by atoms with Gasteiger partial charge in [0.2, 0.25) is 5.65 Å². The zero-order valence-corrected chi connectivity index (χ0v) is 25.3. The molecule has 0 bridgehead atoms. The predicted molar refractivity (Wildman–Crippen MR) is 132 cm³/mol. The summed E-state index contributed by atoms with van der Waals surface area (Å²) in [6, 6.07) is 6.83. The fraction of sp³-hybridized carbons (Fsp3) is 0.174. The van der Waals surface area contributed by atoms with Crippen LogP contribution in [0.4, 0.5) is 11.7 Å². The summed E-state index contributed by atoms with van der Waals surface area (Å²) in [7, 11) is -4.69. The number of H-pyrrole nitrogens is 1. The molecule has 0 atom stereocenters. The van der Waals surface area contributed by atoms with Crippen molar-refractivity contribution >= 4 is 50.5 Å². The summed E-state index contributed by atoms with van der Waals surface area (Å²) in [6.07, 6.45) is 0. The number of aromatic amines is 1. The number of hydrogen-bond donors (Lipinski definition) is 3. The molecule has 15 nitrogen and oxygen atoms in total. The smallest absolute Gasteiger partial charge is 0.744 e. The summed E-state index contributed by atoms with van der Waals surface area (Å²) in [5, 5.41) is 38.5. The number of azo groups is 1. The molecule has 0 radical (unpaired) electrons. The van der Waals surface area contributed by atoms with Crippen molar-refractivity contribution in [1.82, 2.24) is 24.8 Å². The zero-order chi connectivity index (χ0) is 28.3. The van der Waals surface area contributed by atoms with Crippen molar-refractivity contribution < 1.29 is 88.6 Å². The molecule has 5 rings (SSSR count). The van der Waals surface area contributed by atoms with Crippen LogP contribution in [0.1, 0.15) is 47.2 Å². The van der Waals surface area contributed by atoms with Gasteiger partial charge < -0.3 is 19.2 Å². The number of aromatic nitrogens is 5. The van der Waals surface area contributed by atoms with Gasteiger partial charge in [-0.05, 0) is 30.3 Å². The molecule has 0 aliphatic heterocycles. The van der Waals surface area contributed by atoms with Crippen molar-refractivity contribution in [3.05, 3.63) is 53.2 Å². The number of rotatable bonds is 6. The molecule has 3 heterocycles. The molecule has 17 heteroatoms. The van der Waals surface area contributed by atoms with Gasteiger partial charge in [-0.1, -0.05) is 25.9 Å². The minimum absolute atomic E-state index is 0. The van der Waals surface area contributed by atoms with Crippen molar-refractivity contribution in [2.24, 2.45) is 10.2 Å². The Morgan fingerprint density at radius 1 is 1.02 bits per heavy atom. The number of carbonyl (C=O) groups is 2. The number of nitrogens with one attached hydrogen (secondary N) is 1. The molecule has 40 heavy (non-hydrogen) atoms. The topological polar surface area (TPSA) is 229 Å². The standard InChI is InChI=1S/C23H19N7O8S.K/c1-23(2,3)17-16(25-28-22-24-14-5-4-13(39(35,36)37)9-15(14)38-22)19-27-26-18(30(19)29-17)10-6-11(20(31)32)8-12(7-10)21(33)34;/h4-9,29H,1-3H3,(H,31,32)(H,33,34)(H,35,36,37);/q;+1/p-1. The Morgan fingerprint density at radius 2 is 1.68 bits per heavy atom. The molecule has 0 fully saturated rings. The fourth-order valence-corrected chi connectivity index (χ4v) is 4.30. The number of fused-ring (bicyclic) bond motifs is 2. The second kappa shape index (κ2) is 10.6. The summed E-state index contributed by atoms with van der Waals surface area (Å²) in [5.74, 6) is -2.49. The van der Waals surface area contributed by atoms with Gasteiger partial charge in [0, 0.05) is 17.0 Å². The van der Waals surface area contributed by atoms with Crippen LogP contribution in [0.15, 0.2) is 55.9 Å². The second-order valence-electron chi connectivity index (χ2n) is 9.46. The van der Waals surface area contributed by atoms with Crippen LogP contribution >= 0.6 is 0 Å². The Balaban J connectivity index is 0.00000370. The Bertz CT molecular complexity index is 1920. The van der Waals surface area contributed by atoms with E-state index in [-0.39, 0.29) is 102 Å². The Hall–Kier alpha value is -3.32. The van der Waals surface area contributed by atoms with E-state index in [4.69, 9.17) is 4.42 Å². The Morgan fingerprint density at radius 3 is 2.25 bits per heavy atom. The fourth-order valence-electron chi connectivity index (χ4n) is 3.81. The number of carboxylic acids is 2. The molecule has 0 saturated carbocycles. The van der Waals surface area contributed by atoms with Gasteiger partial charge in [0.25, 0.3) is 0 Å². The van der Waals surface area contributed by atoms with Gasteiger partial charge in [-0.15, -0.1) is 15.3 Å². The maximum Gasteiger partial charge on any atom is 1.00 e. The third-order valence-corrected chi connectivity index (χ3v) is 6.47. The van der Waals surface area contributed by atoms with E-state index in [1.807, 2.05) is 20.8 Å². The van der Waals surface area contributed by atoms with Crippen LogP contribution in [0.5, 0.6) is 0 Å². The Labute approximate surface area is 267 Å². The maximum atomic E-state index is 11.6. The van der Waals surface area contributed by atoms with Crippen molar-refractivity contribution in [3.8, 4) is 11.4 Å². The molecule has 200 valence electrons. The molecular formula is C23H18KN7O8S. The third-order valence-electron chi connectivity index (χ3n) is 5.64. The number of carboxylic acid groups (broad SMARTS) is 2. The number of nitrogens with zero attached hydrogens (tertiary/aromatic N) is 6. The normalized spacial score (nSPS) is 12.3. The quantitative estimate of drug-likeness (QED) is 0.143. The largest absolute Gasteiger partial charge is 1.00 e. The summed E-state index contributed by atoms with van der Waals surface area (Å²) in [6.45, 7) is 5.67. The summed E-state index contributed by atoms with van der Waals surface area (Å²) < 4.78 is 40.8. The van der Waals surface area contributed by atoms with Crippen LogP contribution < -0.4 is 51.4 Å². The van der Waals surface area contributed by atoms with Gasteiger partial charge in [0.05, 0.1) is 21.7 Å². The number of aromatic carboxylic acids is 2. The first-order chi connectivity index (χ1) is 18.2. The van der Waals surface area contributed by atoms with Crippen molar-refractivity contribution in [2.75, 3.05) is 0 Å². The first-order valence-corrected chi connectivity index (χ1v) is 12.5. The SMILES string of the molecule is CC(C)(C)c1[nH]n2c(-c3cc(C(=O)O)cc(C(=O)O)c3)nnc2c1N=Nc1nc2ccc(S(=O)(=O)[O-])cc2o1.[K+]. The van der Waals surface area contributed by atoms with E-state index in [1.165, 1.54) is 22.7 Å². The minimum atomic E-state index is -4.69. The van der Waals surface area contributed by atoms with Crippen LogP contribution in [0.2, 0.25) is 0 Å². The van der Waals surface area contributed by atoms with Crippen molar-refractivity contribution in [2.45, 2.75) is 31.1 Å². The first-order valence-electron chi connectivity index (χ1n) is 11.1. The molecule has 3 N–H and O–H groups in total. The molecule has 0 unspecified atom stereocenters. The molecule has 3 aromatic heterocycles. The van der Waals surface area contributed by atoms with Gasteiger partial charge >= 0.3 is 69.3 Å². The van der Waals surface area contributed by atoms with E-state index in [0.717, 1.165) is 18.2 Å². The van der Waals surface area contributed by atoms with Crippen LogP contribution in [0, 0.1) is 0 Å². The monoisotopic (exact) mass is 591 g/mol. The van der Waals surface area contributed by atoms with E-state index in [9.17, 15) is 32.8 Å². The number of oxazole rings is 1. The van der Waals surface area contributed by atoms with Gasteiger partial charge in [-0.2, -0.15) is 4.98 Å². The second-order valence-corrected chi connectivity index (χ2v) is 10.8. The van der Waals surface area contributed by atoms with Crippen LogP contribution in [-0.4, -0.2) is 59.9 Å². The van der Waals surface area contributed by atoms with Gasteiger partial charge in [-0.25, -0.2) is 22.5 Å². The van der Waals surface area contributed by atoms with Crippen molar-refractivity contribution in [1.29, 1.82) is 0 Å². The predicted octanol–water partition coefficient (Wildman–Crippen LogP) is 0.883. The van der Waals surface area contributed by atoms with E-state index in [0.29, 0.717) is 5.69 Å². The van der Waals surface area contributed by atoms with E-state index in [2.05, 4.69) is 30.5 Å². The van der Waals surface area contributed by atoms with Gasteiger partial charge in [-0.3, -0.25) is 5.10 Å².